The number of rotatable bonds is 0. The van der Waals surface area contributed by atoms with E-state index in [0.717, 1.165) is 10.2 Å². The summed E-state index contributed by atoms with van der Waals surface area (Å²) in [5.41, 5.74) is 1.40. The molecule has 0 radical (unpaired) electrons. The van der Waals surface area contributed by atoms with Crippen LogP contribution in [0.2, 0.25) is 0 Å². The quantitative estimate of drug-likeness (QED) is 0.736. The highest BCUT2D eigenvalue weighted by molar-refractivity contribution is 9.10. The van der Waals surface area contributed by atoms with Crippen molar-refractivity contribution < 1.29 is 14.3 Å². The molecule has 0 aliphatic carbocycles. The molecular weight excluding hydrogens is 312 g/mol. The van der Waals surface area contributed by atoms with Crippen molar-refractivity contribution in [2.75, 3.05) is 23.5 Å². The van der Waals surface area contributed by atoms with Crippen molar-refractivity contribution in [3.8, 4) is 0 Å². The number of carbonyl (C=O) groups is 2. The molecule has 19 heavy (non-hydrogen) atoms. The van der Waals surface area contributed by atoms with Gasteiger partial charge in [-0.1, -0.05) is 15.9 Å². The maximum absolute atomic E-state index is 11.8. The standard InChI is InChI=1S/C13H15BrN2O3/c1-8-7-15(13(18)19-3)12-6-10(14)4-5-11(12)16(8)9(2)17/h4-6,8H,7H2,1-3H3/t8-/m0/s1. The van der Waals surface area contributed by atoms with Gasteiger partial charge in [0.25, 0.3) is 0 Å². The molecule has 1 aromatic rings. The minimum atomic E-state index is -0.422. The third kappa shape index (κ3) is 2.45. The Morgan fingerprint density at radius 3 is 2.63 bits per heavy atom. The fourth-order valence-corrected chi connectivity index (χ4v) is 2.71. The lowest BCUT2D eigenvalue weighted by Gasteiger charge is -2.40. The molecule has 0 fully saturated rings. The topological polar surface area (TPSA) is 49.9 Å². The summed E-state index contributed by atoms with van der Waals surface area (Å²) in [6.45, 7) is 3.84. The number of halogens is 1. The molecule has 0 saturated carbocycles. The smallest absolute Gasteiger partial charge is 0.414 e. The lowest BCUT2D eigenvalue weighted by molar-refractivity contribution is -0.117. The maximum Gasteiger partial charge on any atom is 0.414 e. The molecule has 0 aromatic heterocycles. The van der Waals surface area contributed by atoms with Crippen LogP contribution in [0.5, 0.6) is 0 Å². The monoisotopic (exact) mass is 326 g/mol. The molecule has 0 bridgehead atoms. The molecule has 1 heterocycles. The van der Waals surface area contributed by atoms with Crippen molar-refractivity contribution in [2.45, 2.75) is 19.9 Å². The van der Waals surface area contributed by atoms with Crippen LogP contribution in [0.15, 0.2) is 22.7 Å². The fourth-order valence-electron chi connectivity index (χ4n) is 2.36. The number of carbonyl (C=O) groups excluding carboxylic acids is 2. The van der Waals surface area contributed by atoms with Crippen molar-refractivity contribution in [3.05, 3.63) is 22.7 Å². The van der Waals surface area contributed by atoms with E-state index < -0.39 is 6.09 Å². The number of hydrogen-bond donors (Lipinski definition) is 0. The summed E-state index contributed by atoms with van der Waals surface area (Å²) in [6, 6.07) is 5.40. The Labute approximate surface area is 120 Å². The summed E-state index contributed by atoms with van der Waals surface area (Å²) in [7, 11) is 1.35. The number of fused-ring (bicyclic) bond motifs is 1. The van der Waals surface area contributed by atoms with Gasteiger partial charge in [0.2, 0.25) is 5.91 Å². The number of nitrogens with zero attached hydrogens (tertiary/aromatic N) is 2. The zero-order valence-corrected chi connectivity index (χ0v) is 12.6. The van der Waals surface area contributed by atoms with E-state index in [1.807, 2.05) is 25.1 Å². The van der Waals surface area contributed by atoms with Crippen molar-refractivity contribution in [2.24, 2.45) is 0 Å². The number of ether oxygens (including phenoxy) is 1. The largest absolute Gasteiger partial charge is 0.452 e. The predicted molar refractivity (Wildman–Crippen MR) is 76.5 cm³/mol. The van der Waals surface area contributed by atoms with Gasteiger partial charge in [-0.15, -0.1) is 0 Å². The Morgan fingerprint density at radius 1 is 1.37 bits per heavy atom. The van der Waals surface area contributed by atoms with Crippen LogP contribution in [0.1, 0.15) is 13.8 Å². The molecule has 5 nitrogen and oxygen atoms in total. The second kappa shape index (κ2) is 5.21. The first kappa shape index (κ1) is 13.9. The van der Waals surface area contributed by atoms with E-state index in [4.69, 9.17) is 4.74 Å². The number of methoxy groups -OCH3 is 1. The summed E-state index contributed by atoms with van der Waals surface area (Å²) in [5, 5.41) is 0. The van der Waals surface area contributed by atoms with Crippen LogP contribution >= 0.6 is 15.9 Å². The van der Waals surface area contributed by atoms with E-state index in [-0.39, 0.29) is 11.9 Å². The van der Waals surface area contributed by atoms with Gasteiger partial charge in [0, 0.05) is 17.9 Å². The first-order valence-corrected chi connectivity index (χ1v) is 6.70. The Bertz CT molecular complexity index is 533. The van der Waals surface area contributed by atoms with Gasteiger partial charge >= 0.3 is 6.09 Å². The van der Waals surface area contributed by atoms with E-state index in [1.165, 1.54) is 14.0 Å². The van der Waals surface area contributed by atoms with Crippen LogP contribution in [0.3, 0.4) is 0 Å². The van der Waals surface area contributed by atoms with Crippen molar-refractivity contribution in [1.82, 2.24) is 0 Å². The van der Waals surface area contributed by atoms with Crippen molar-refractivity contribution >= 4 is 39.3 Å². The van der Waals surface area contributed by atoms with Gasteiger partial charge in [-0.05, 0) is 25.1 Å². The van der Waals surface area contributed by atoms with Gasteiger partial charge in [-0.2, -0.15) is 0 Å². The van der Waals surface area contributed by atoms with Crippen molar-refractivity contribution in [1.29, 1.82) is 0 Å². The van der Waals surface area contributed by atoms with Gasteiger partial charge in [0.15, 0.2) is 0 Å². The molecule has 2 amide bonds. The van der Waals surface area contributed by atoms with Gasteiger partial charge < -0.3 is 9.64 Å². The molecule has 0 unspecified atom stereocenters. The molecule has 102 valence electrons. The van der Waals surface area contributed by atoms with Crippen LogP contribution in [0.25, 0.3) is 0 Å². The maximum atomic E-state index is 11.8. The molecule has 2 rings (SSSR count). The van der Waals surface area contributed by atoms with Crippen molar-refractivity contribution in [3.63, 3.8) is 0 Å². The van der Waals surface area contributed by atoms with E-state index in [9.17, 15) is 9.59 Å². The SMILES string of the molecule is COC(=O)N1C[C@H](C)N(C(C)=O)c2ccc(Br)cc21. The highest BCUT2D eigenvalue weighted by Crippen LogP contribution is 2.37. The van der Waals surface area contributed by atoms with Crippen LogP contribution in [0, 0.1) is 0 Å². The molecular formula is C13H15BrN2O3. The predicted octanol–water partition coefficient (Wildman–Crippen LogP) is 2.78. The first-order chi connectivity index (χ1) is 8.95. The normalized spacial score (nSPS) is 18.0. The molecule has 0 saturated heterocycles. The summed E-state index contributed by atoms with van der Waals surface area (Å²) in [5.74, 6) is -0.0411. The van der Waals surface area contributed by atoms with E-state index >= 15 is 0 Å². The number of hydrogen-bond acceptors (Lipinski definition) is 3. The lowest BCUT2D eigenvalue weighted by atomic mass is 10.1. The summed E-state index contributed by atoms with van der Waals surface area (Å²) in [4.78, 5) is 26.9. The second-order valence-electron chi connectivity index (χ2n) is 4.45. The van der Waals surface area contributed by atoms with E-state index in [2.05, 4.69) is 15.9 Å². The van der Waals surface area contributed by atoms with E-state index in [0.29, 0.717) is 12.2 Å². The first-order valence-electron chi connectivity index (χ1n) is 5.90. The molecule has 1 atom stereocenters. The molecule has 0 spiro atoms. The zero-order valence-electron chi connectivity index (χ0n) is 11.0. The average molecular weight is 327 g/mol. The van der Waals surface area contributed by atoms with Crippen LogP contribution in [-0.4, -0.2) is 31.7 Å². The Morgan fingerprint density at radius 2 is 2.05 bits per heavy atom. The van der Waals surface area contributed by atoms with Crippen LogP contribution < -0.4 is 9.80 Å². The molecule has 1 aliphatic heterocycles. The number of benzene rings is 1. The van der Waals surface area contributed by atoms with E-state index in [1.54, 1.807) is 9.80 Å². The minimum Gasteiger partial charge on any atom is -0.452 e. The summed E-state index contributed by atoms with van der Waals surface area (Å²) in [6.07, 6.45) is -0.422. The summed E-state index contributed by atoms with van der Waals surface area (Å²) >= 11 is 3.38. The highest BCUT2D eigenvalue weighted by atomic mass is 79.9. The van der Waals surface area contributed by atoms with Gasteiger partial charge in [0.1, 0.15) is 0 Å². The average Bonchev–Trinajstić information content (AvgIpc) is 2.36. The molecule has 6 heteroatoms. The fraction of sp³-hybridized carbons (Fsp3) is 0.385. The number of amides is 2. The Kier molecular flexibility index (Phi) is 3.80. The third-order valence-electron chi connectivity index (χ3n) is 3.11. The van der Waals surface area contributed by atoms with Crippen LogP contribution in [-0.2, 0) is 9.53 Å². The molecule has 1 aromatic carbocycles. The van der Waals surface area contributed by atoms with Gasteiger partial charge in [-0.3, -0.25) is 9.69 Å². The highest BCUT2D eigenvalue weighted by Gasteiger charge is 2.33. The van der Waals surface area contributed by atoms with Gasteiger partial charge in [0.05, 0.1) is 24.5 Å². The number of anilines is 2. The molecule has 1 aliphatic rings. The lowest BCUT2D eigenvalue weighted by Crippen LogP contribution is -2.51. The Hall–Kier alpha value is -1.56. The third-order valence-corrected chi connectivity index (χ3v) is 3.60. The minimum absolute atomic E-state index is 0.0411. The Balaban J connectivity index is 2.56. The van der Waals surface area contributed by atoms with Gasteiger partial charge in [-0.25, -0.2) is 4.79 Å². The summed E-state index contributed by atoms with van der Waals surface area (Å²) < 4.78 is 5.64. The second-order valence-corrected chi connectivity index (χ2v) is 5.37. The molecule has 0 N–H and O–H groups in total. The van der Waals surface area contributed by atoms with Crippen LogP contribution in [0.4, 0.5) is 16.2 Å². The zero-order chi connectivity index (χ0) is 14.2.